The molecule has 1 atom stereocenters. The van der Waals surface area contributed by atoms with Gasteiger partial charge in [0.05, 0.1) is 6.10 Å². The van der Waals surface area contributed by atoms with Gasteiger partial charge in [-0.3, -0.25) is 0 Å². The van der Waals surface area contributed by atoms with E-state index in [9.17, 15) is 5.11 Å². The molecule has 2 rings (SSSR count). The molecule has 1 aliphatic carbocycles. The number of aromatic nitrogens is 2. The number of nitrogens with zero attached hydrogens (tertiary/aromatic N) is 2. The maximum atomic E-state index is 9.96. The van der Waals surface area contributed by atoms with Crippen molar-refractivity contribution in [1.82, 2.24) is 9.97 Å². The van der Waals surface area contributed by atoms with Gasteiger partial charge < -0.3 is 5.11 Å². The molecule has 0 aromatic carbocycles. The van der Waals surface area contributed by atoms with Crippen LogP contribution in [0.15, 0.2) is 23.6 Å². The van der Waals surface area contributed by atoms with E-state index in [1.807, 2.05) is 6.07 Å². The van der Waals surface area contributed by atoms with Crippen molar-refractivity contribution in [2.75, 3.05) is 5.75 Å². The quantitative estimate of drug-likeness (QED) is 0.634. The number of hydrogen-bond donors (Lipinski definition) is 1. The summed E-state index contributed by atoms with van der Waals surface area (Å²) in [6, 6.07) is 1.81. The third kappa shape index (κ3) is 4.94. The van der Waals surface area contributed by atoms with Gasteiger partial charge in [-0.05, 0) is 24.8 Å². The van der Waals surface area contributed by atoms with Crippen LogP contribution < -0.4 is 0 Å². The van der Waals surface area contributed by atoms with Gasteiger partial charge in [0.25, 0.3) is 0 Å². The van der Waals surface area contributed by atoms with E-state index >= 15 is 0 Å². The lowest BCUT2D eigenvalue weighted by atomic mass is 9.85. The van der Waals surface area contributed by atoms with Crippen LogP contribution in [0.1, 0.15) is 44.9 Å². The Bertz CT molecular complexity index is 328. The number of aliphatic hydroxyl groups is 1. The van der Waals surface area contributed by atoms with Crippen LogP contribution in [0.3, 0.4) is 0 Å². The summed E-state index contributed by atoms with van der Waals surface area (Å²) < 4.78 is 0. The summed E-state index contributed by atoms with van der Waals surface area (Å²) in [4.78, 5) is 8.28. The molecule has 18 heavy (non-hydrogen) atoms. The monoisotopic (exact) mass is 266 g/mol. The first-order chi connectivity index (χ1) is 8.84. The van der Waals surface area contributed by atoms with Crippen molar-refractivity contribution in [3.8, 4) is 0 Å². The van der Waals surface area contributed by atoms with Crippen molar-refractivity contribution in [3.63, 3.8) is 0 Å². The van der Waals surface area contributed by atoms with E-state index in [-0.39, 0.29) is 6.10 Å². The molecule has 1 unspecified atom stereocenters. The van der Waals surface area contributed by atoms with E-state index in [4.69, 9.17) is 0 Å². The zero-order valence-electron chi connectivity index (χ0n) is 10.8. The molecule has 0 saturated heterocycles. The highest BCUT2D eigenvalue weighted by molar-refractivity contribution is 7.99. The second-order valence-electron chi connectivity index (χ2n) is 5.08. The minimum Gasteiger partial charge on any atom is -0.392 e. The van der Waals surface area contributed by atoms with E-state index in [0.29, 0.717) is 5.75 Å². The van der Waals surface area contributed by atoms with Crippen molar-refractivity contribution < 1.29 is 5.11 Å². The molecular formula is C14H22N2OS. The van der Waals surface area contributed by atoms with Crippen molar-refractivity contribution >= 4 is 11.8 Å². The van der Waals surface area contributed by atoms with Gasteiger partial charge in [0.2, 0.25) is 0 Å². The summed E-state index contributed by atoms with van der Waals surface area (Å²) in [5, 5.41) is 10.7. The highest BCUT2D eigenvalue weighted by Crippen LogP contribution is 2.28. The van der Waals surface area contributed by atoms with Crippen LogP contribution in [0.25, 0.3) is 0 Å². The zero-order valence-corrected chi connectivity index (χ0v) is 11.6. The number of hydrogen-bond acceptors (Lipinski definition) is 4. The standard InChI is InChI=1S/C14H22N2OS/c17-13(8-7-12-5-2-1-3-6-12)11-18-14-15-9-4-10-16-14/h4,9-10,12-13,17H,1-3,5-8,11H2. The lowest BCUT2D eigenvalue weighted by Gasteiger charge is -2.22. The van der Waals surface area contributed by atoms with Gasteiger partial charge in [-0.1, -0.05) is 43.9 Å². The molecule has 1 aromatic rings. The van der Waals surface area contributed by atoms with Gasteiger partial charge in [-0.25, -0.2) is 9.97 Å². The first kappa shape index (κ1) is 13.8. The second kappa shape index (κ2) is 7.74. The molecule has 0 spiro atoms. The molecule has 1 aliphatic rings. The highest BCUT2D eigenvalue weighted by atomic mass is 32.2. The van der Waals surface area contributed by atoms with Gasteiger partial charge in [0, 0.05) is 18.1 Å². The van der Waals surface area contributed by atoms with Gasteiger partial charge in [-0.2, -0.15) is 0 Å². The Morgan fingerprint density at radius 1 is 1.22 bits per heavy atom. The van der Waals surface area contributed by atoms with Gasteiger partial charge in [0.15, 0.2) is 5.16 Å². The van der Waals surface area contributed by atoms with Crippen LogP contribution in [-0.2, 0) is 0 Å². The third-order valence-electron chi connectivity index (χ3n) is 3.58. The smallest absolute Gasteiger partial charge is 0.187 e. The van der Waals surface area contributed by atoms with Crippen LogP contribution >= 0.6 is 11.8 Å². The molecule has 1 heterocycles. The van der Waals surface area contributed by atoms with E-state index < -0.39 is 0 Å². The largest absolute Gasteiger partial charge is 0.392 e. The minimum atomic E-state index is -0.222. The van der Waals surface area contributed by atoms with Crippen molar-refractivity contribution in [3.05, 3.63) is 18.5 Å². The lowest BCUT2D eigenvalue weighted by Crippen LogP contribution is -2.14. The Hall–Kier alpha value is -0.610. The fourth-order valence-electron chi connectivity index (χ4n) is 2.52. The normalized spacial score (nSPS) is 18.7. The molecule has 4 heteroatoms. The van der Waals surface area contributed by atoms with E-state index in [1.165, 1.54) is 38.5 Å². The summed E-state index contributed by atoms with van der Waals surface area (Å²) in [6.07, 6.45) is 12.3. The Morgan fingerprint density at radius 2 is 1.94 bits per heavy atom. The van der Waals surface area contributed by atoms with E-state index in [2.05, 4.69) is 9.97 Å². The summed E-state index contributed by atoms with van der Waals surface area (Å²) in [5.74, 6) is 1.56. The van der Waals surface area contributed by atoms with Crippen LogP contribution in [0.4, 0.5) is 0 Å². The molecule has 100 valence electrons. The van der Waals surface area contributed by atoms with Gasteiger partial charge in [-0.15, -0.1) is 0 Å². The molecule has 0 radical (unpaired) electrons. The minimum absolute atomic E-state index is 0.222. The van der Waals surface area contributed by atoms with Crippen LogP contribution in [0, 0.1) is 5.92 Å². The van der Waals surface area contributed by atoms with E-state index in [1.54, 1.807) is 24.2 Å². The molecular weight excluding hydrogens is 244 g/mol. The van der Waals surface area contributed by atoms with Crippen LogP contribution in [0.2, 0.25) is 0 Å². The molecule has 3 nitrogen and oxygen atoms in total. The van der Waals surface area contributed by atoms with Crippen molar-refractivity contribution in [1.29, 1.82) is 0 Å². The topological polar surface area (TPSA) is 46.0 Å². The third-order valence-corrected chi connectivity index (χ3v) is 4.60. The fourth-order valence-corrected chi connectivity index (χ4v) is 3.30. The average Bonchev–Trinajstić information content (AvgIpc) is 2.45. The van der Waals surface area contributed by atoms with Crippen molar-refractivity contribution in [2.45, 2.75) is 56.2 Å². The highest BCUT2D eigenvalue weighted by Gasteiger charge is 2.15. The number of thioether (sulfide) groups is 1. The lowest BCUT2D eigenvalue weighted by molar-refractivity contribution is 0.171. The Kier molecular flexibility index (Phi) is 5.94. The molecule has 1 saturated carbocycles. The Morgan fingerprint density at radius 3 is 2.67 bits per heavy atom. The first-order valence-electron chi connectivity index (χ1n) is 6.92. The van der Waals surface area contributed by atoms with Crippen LogP contribution in [0.5, 0.6) is 0 Å². The molecule has 1 fully saturated rings. The first-order valence-corrected chi connectivity index (χ1v) is 7.91. The molecule has 1 N–H and O–H groups in total. The van der Waals surface area contributed by atoms with Crippen LogP contribution in [-0.4, -0.2) is 26.9 Å². The summed E-state index contributed by atoms with van der Waals surface area (Å²) in [5.41, 5.74) is 0. The second-order valence-corrected chi connectivity index (χ2v) is 6.06. The SMILES string of the molecule is OC(CCC1CCCCC1)CSc1ncccn1. The summed E-state index contributed by atoms with van der Waals surface area (Å²) in [6.45, 7) is 0. The Labute approximate surface area is 113 Å². The maximum absolute atomic E-state index is 9.96. The number of aliphatic hydroxyl groups excluding tert-OH is 1. The molecule has 0 amide bonds. The zero-order chi connectivity index (χ0) is 12.6. The van der Waals surface area contributed by atoms with Gasteiger partial charge in [0.1, 0.15) is 0 Å². The molecule has 1 aromatic heterocycles. The molecule has 0 aliphatic heterocycles. The predicted octanol–water partition coefficient (Wildman–Crippen LogP) is 3.29. The van der Waals surface area contributed by atoms with Crippen molar-refractivity contribution in [2.24, 2.45) is 5.92 Å². The molecule has 0 bridgehead atoms. The predicted molar refractivity (Wildman–Crippen MR) is 74.6 cm³/mol. The van der Waals surface area contributed by atoms with E-state index in [0.717, 1.165) is 17.5 Å². The average molecular weight is 266 g/mol. The summed E-state index contributed by atoms with van der Waals surface area (Å²) in [7, 11) is 0. The summed E-state index contributed by atoms with van der Waals surface area (Å²) >= 11 is 1.54. The number of rotatable bonds is 6. The maximum Gasteiger partial charge on any atom is 0.187 e. The fraction of sp³-hybridized carbons (Fsp3) is 0.714. The van der Waals surface area contributed by atoms with Gasteiger partial charge >= 0.3 is 0 Å². The Balaban J connectivity index is 1.61.